The number of likely N-dealkylation sites (tertiary alicyclic amines) is 1. The fourth-order valence-corrected chi connectivity index (χ4v) is 3.57. The molecule has 0 bridgehead atoms. The lowest BCUT2D eigenvalue weighted by molar-refractivity contribution is 0.102. The second kappa shape index (κ2) is 9.05. The van der Waals surface area contributed by atoms with Gasteiger partial charge in [-0.1, -0.05) is 25.1 Å². The minimum atomic E-state index is -0.102. The van der Waals surface area contributed by atoms with Crippen LogP contribution in [0, 0.1) is 5.92 Å². The summed E-state index contributed by atoms with van der Waals surface area (Å²) < 4.78 is 5.68. The van der Waals surface area contributed by atoms with E-state index in [9.17, 15) is 4.79 Å². The first kappa shape index (κ1) is 19.4. The summed E-state index contributed by atoms with van der Waals surface area (Å²) in [5.74, 6) is 1.43. The molecule has 1 fully saturated rings. The maximum atomic E-state index is 12.5. The Kier molecular flexibility index (Phi) is 6.51. The molecule has 0 aliphatic carbocycles. The molecule has 2 aromatic rings. The number of amides is 1. The number of carbonyl (C=O) groups excluding carboxylic acids is 1. The number of nitrogens with zero attached hydrogens (tertiary/aromatic N) is 1. The molecule has 1 saturated heterocycles. The van der Waals surface area contributed by atoms with E-state index in [1.807, 2.05) is 50.2 Å². The third-order valence-electron chi connectivity index (χ3n) is 4.83. The Morgan fingerprint density at radius 1 is 1.22 bits per heavy atom. The van der Waals surface area contributed by atoms with Gasteiger partial charge in [-0.3, -0.25) is 9.69 Å². The molecule has 1 heterocycles. The van der Waals surface area contributed by atoms with Crippen molar-refractivity contribution in [2.75, 3.05) is 18.4 Å². The zero-order chi connectivity index (χ0) is 19.2. The molecular weight excluding hydrogens is 336 g/mol. The lowest BCUT2D eigenvalue weighted by Gasteiger charge is -2.30. The fourth-order valence-electron chi connectivity index (χ4n) is 3.57. The summed E-state index contributed by atoms with van der Waals surface area (Å²) in [4.78, 5) is 15.0. The summed E-state index contributed by atoms with van der Waals surface area (Å²) in [6, 6.07) is 15.4. The van der Waals surface area contributed by atoms with Crippen molar-refractivity contribution in [1.29, 1.82) is 0 Å². The molecule has 2 aromatic carbocycles. The number of rotatable bonds is 6. The molecule has 0 saturated carbocycles. The molecule has 1 amide bonds. The number of nitrogens with one attached hydrogen (secondary N) is 1. The van der Waals surface area contributed by atoms with Crippen LogP contribution in [-0.2, 0) is 6.54 Å². The van der Waals surface area contributed by atoms with E-state index >= 15 is 0 Å². The first-order valence-electron chi connectivity index (χ1n) is 9.89. The summed E-state index contributed by atoms with van der Waals surface area (Å²) in [5, 5.41) is 2.95. The van der Waals surface area contributed by atoms with Crippen LogP contribution >= 0.6 is 0 Å². The monoisotopic (exact) mass is 366 g/mol. The van der Waals surface area contributed by atoms with E-state index in [1.165, 1.54) is 24.9 Å². The van der Waals surface area contributed by atoms with Gasteiger partial charge in [0.2, 0.25) is 0 Å². The molecule has 3 rings (SSSR count). The summed E-state index contributed by atoms with van der Waals surface area (Å²) in [5.41, 5.74) is 2.67. The molecule has 4 heteroatoms. The Morgan fingerprint density at radius 3 is 2.70 bits per heavy atom. The van der Waals surface area contributed by atoms with Gasteiger partial charge in [0.25, 0.3) is 5.91 Å². The molecule has 4 nitrogen and oxygen atoms in total. The first-order valence-corrected chi connectivity index (χ1v) is 9.89. The topological polar surface area (TPSA) is 41.6 Å². The van der Waals surface area contributed by atoms with Gasteiger partial charge in [-0.2, -0.15) is 0 Å². The normalized spacial score (nSPS) is 17.7. The number of carbonyl (C=O) groups is 1. The lowest BCUT2D eigenvalue weighted by Crippen LogP contribution is -2.33. The maximum Gasteiger partial charge on any atom is 0.255 e. The molecule has 0 aromatic heterocycles. The molecule has 1 aliphatic rings. The third kappa shape index (κ3) is 5.83. The van der Waals surface area contributed by atoms with Gasteiger partial charge in [0.1, 0.15) is 5.75 Å². The third-order valence-corrected chi connectivity index (χ3v) is 4.83. The molecule has 1 aliphatic heterocycles. The number of piperidine rings is 1. The van der Waals surface area contributed by atoms with Crippen LogP contribution in [0.4, 0.5) is 5.69 Å². The summed E-state index contributed by atoms with van der Waals surface area (Å²) in [6.45, 7) is 9.58. The highest BCUT2D eigenvalue weighted by Gasteiger charge is 2.16. The van der Waals surface area contributed by atoms with Crippen molar-refractivity contribution in [1.82, 2.24) is 4.90 Å². The quantitative estimate of drug-likeness (QED) is 0.786. The molecular formula is C23H30N2O2. The first-order chi connectivity index (χ1) is 13.0. The number of anilines is 1. The number of hydrogen-bond acceptors (Lipinski definition) is 3. The second-order valence-electron chi connectivity index (χ2n) is 7.83. The van der Waals surface area contributed by atoms with Crippen molar-refractivity contribution in [3.8, 4) is 5.75 Å². The van der Waals surface area contributed by atoms with E-state index in [4.69, 9.17) is 4.74 Å². The number of ether oxygens (including phenoxy) is 1. The number of hydrogen-bond donors (Lipinski definition) is 1. The van der Waals surface area contributed by atoms with Crippen molar-refractivity contribution < 1.29 is 9.53 Å². The Labute approximate surface area is 162 Å². The van der Waals surface area contributed by atoms with E-state index in [1.54, 1.807) is 0 Å². The van der Waals surface area contributed by atoms with Gasteiger partial charge in [-0.05, 0) is 69.0 Å². The van der Waals surface area contributed by atoms with E-state index in [0.29, 0.717) is 5.56 Å². The smallest absolute Gasteiger partial charge is 0.255 e. The Hall–Kier alpha value is -2.33. The predicted molar refractivity (Wildman–Crippen MR) is 110 cm³/mol. The minimum absolute atomic E-state index is 0.102. The minimum Gasteiger partial charge on any atom is -0.491 e. The highest BCUT2D eigenvalue weighted by Crippen LogP contribution is 2.20. The summed E-state index contributed by atoms with van der Waals surface area (Å²) >= 11 is 0. The van der Waals surface area contributed by atoms with Gasteiger partial charge < -0.3 is 10.1 Å². The molecule has 1 atom stereocenters. The van der Waals surface area contributed by atoms with Gasteiger partial charge in [0.05, 0.1) is 6.10 Å². The highest BCUT2D eigenvalue weighted by molar-refractivity contribution is 6.04. The average Bonchev–Trinajstić information content (AvgIpc) is 2.62. The zero-order valence-electron chi connectivity index (χ0n) is 16.6. The predicted octanol–water partition coefficient (Wildman–Crippen LogP) is 4.96. The van der Waals surface area contributed by atoms with Crippen LogP contribution in [0.25, 0.3) is 0 Å². The largest absolute Gasteiger partial charge is 0.491 e. The van der Waals surface area contributed by atoms with Crippen LogP contribution < -0.4 is 10.1 Å². The maximum absolute atomic E-state index is 12.5. The lowest BCUT2D eigenvalue weighted by atomic mass is 9.99. The van der Waals surface area contributed by atoms with Gasteiger partial charge in [0, 0.05) is 30.4 Å². The van der Waals surface area contributed by atoms with Crippen LogP contribution in [0.5, 0.6) is 5.75 Å². The zero-order valence-corrected chi connectivity index (χ0v) is 16.6. The molecule has 0 radical (unpaired) electrons. The Bertz CT molecular complexity index is 755. The van der Waals surface area contributed by atoms with Gasteiger partial charge in [0.15, 0.2) is 0 Å². The fraction of sp³-hybridized carbons (Fsp3) is 0.435. The summed E-state index contributed by atoms with van der Waals surface area (Å²) in [7, 11) is 0. The SMILES string of the molecule is CC1CCCN(Cc2ccc(C(=O)Nc3cccc(OC(C)C)c3)cc2)C1. The van der Waals surface area contributed by atoms with Gasteiger partial charge >= 0.3 is 0 Å². The van der Waals surface area contributed by atoms with Crippen molar-refractivity contribution in [2.45, 2.75) is 46.3 Å². The van der Waals surface area contributed by atoms with E-state index in [2.05, 4.69) is 29.3 Å². The highest BCUT2D eigenvalue weighted by atomic mass is 16.5. The van der Waals surface area contributed by atoms with Crippen molar-refractivity contribution >= 4 is 11.6 Å². The Balaban J connectivity index is 1.59. The van der Waals surface area contributed by atoms with Crippen LogP contribution in [0.15, 0.2) is 48.5 Å². The van der Waals surface area contributed by atoms with E-state index < -0.39 is 0 Å². The van der Waals surface area contributed by atoms with Crippen molar-refractivity contribution in [3.05, 3.63) is 59.7 Å². The van der Waals surface area contributed by atoms with Crippen LogP contribution in [0.1, 0.15) is 49.5 Å². The standard InChI is InChI=1S/C23H30N2O2/c1-17(2)27-22-8-4-7-21(14-22)24-23(26)20-11-9-19(10-12-20)16-25-13-5-6-18(3)15-25/h4,7-12,14,17-18H,5-6,13,15-16H2,1-3H3,(H,24,26). The number of benzene rings is 2. The van der Waals surface area contributed by atoms with Gasteiger partial charge in [-0.25, -0.2) is 0 Å². The average molecular weight is 367 g/mol. The van der Waals surface area contributed by atoms with Gasteiger partial charge in [-0.15, -0.1) is 0 Å². The molecule has 1 unspecified atom stereocenters. The molecule has 144 valence electrons. The van der Waals surface area contributed by atoms with Crippen molar-refractivity contribution in [2.24, 2.45) is 5.92 Å². The van der Waals surface area contributed by atoms with Crippen LogP contribution in [-0.4, -0.2) is 30.0 Å². The van der Waals surface area contributed by atoms with E-state index in [-0.39, 0.29) is 12.0 Å². The van der Waals surface area contributed by atoms with Crippen molar-refractivity contribution in [3.63, 3.8) is 0 Å². The molecule has 27 heavy (non-hydrogen) atoms. The summed E-state index contributed by atoms with van der Waals surface area (Å²) in [6.07, 6.45) is 2.71. The molecule has 1 N–H and O–H groups in total. The Morgan fingerprint density at radius 2 is 2.00 bits per heavy atom. The van der Waals surface area contributed by atoms with E-state index in [0.717, 1.165) is 30.4 Å². The van der Waals surface area contributed by atoms with Crippen LogP contribution in [0.3, 0.4) is 0 Å². The van der Waals surface area contributed by atoms with Crippen LogP contribution in [0.2, 0.25) is 0 Å². The second-order valence-corrected chi connectivity index (χ2v) is 7.83. The molecule has 0 spiro atoms.